The maximum Gasteiger partial charge on any atom is 0.211 e. The SMILES string of the molecule is CC1CCCC1CNS(=O)(=O)CCCNC1CC1. The van der Waals surface area contributed by atoms with Crippen molar-refractivity contribution in [1.82, 2.24) is 10.0 Å². The summed E-state index contributed by atoms with van der Waals surface area (Å²) in [5.41, 5.74) is 0. The summed E-state index contributed by atoms with van der Waals surface area (Å²) >= 11 is 0. The zero-order valence-corrected chi connectivity index (χ0v) is 12.1. The standard InChI is InChI=1S/C13H26N2O2S/c1-11-4-2-5-12(11)10-15-18(16,17)9-3-8-14-13-6-7-13/h11-15H,2-10H2,1H3. The highest BCUT2D eigenvalue weighted by molar-refractivity contribution is 7.89. The quantitative estimate of drug-likeness (QED) is 0.659. The van der Waals surface area contributed by atoms with Gasteiger partial charge in [0.1, 0.15) is 0 Å². The van der Waals surface area contributed by atoms with E-state index in [0.29, 0.717) is 30.8 Å². The third-order valence-electron chi connectivity index (χ3n) is 4.20. The van der Waals surface area contributed by atoms with Crippen molar-refractivity contribution in [3.63, 3.8) is 0 Å². The van der Waals surface area contributed by atoms with E-state index in [2.05, 4.69) is 17.0 Å². The van der Waals surface area contributed by atoms with Gasteiger partial charge in [-0.2, -0.15) is 0 Å². The van der Waals surface area contributed by atoms with E-state index in [1.54, 1.807) is 0 Å². The van der Waals surface area contributed by atoms with Crippen LogP contribution in [0.5, 0.6) is 0 Å². The molecular weight excluding hydrogens is 248 g/mol. The molecule has 2 fully saturated rings. The van der Waals surface area contributed by atoms with Crippen LogP contribution in [0.4, 0.5) is 0 Å². The first kappa shape index (κ1) is 14.3. The molecule has 2 aliphatic rings. The molecule has 4 nitrogen and oxygen atoms in total. The van der Waals surface area contributed by atoms with Crippen LogP contribution in [0.25, 0.3) is 0 Å². The molecule has 106 valence electrons. The van der Waals surface area contributed by atoms with Crippen molar-refractivity contribution in [1.29, 1.82) is 0 Å². The molecule has 2 unspecified atom stereocenters. The smallest absolute Gasteiger partial charge is 0.211 e. The minimum atomic E-state index is -3.06. The first-order chi connectivity index (χ1) is 8.57. The highest BCUT2D eigenvalue weighted by Gasteiger charge is 2.25. The van der Waals surface area contributed by atoms with Gasteiger partial charge in [-0.1, -0.05) is 19.8 Å². The van der Waals surface area contributed by atoms with Crippen LogP contribution in [0.2, 0.25) is 0 Å². The lowest BCUT2D eigenvalue weighted by Gasteiger charge is -2.16. The molecule has 2 atom stereocenters. The normalized spacial score (nSPS) is 28.7. The van der Waals surface area contributed by atoms with Gasteiger partial charge in [0.25, 0.3) is 0 Å². The van der Waals surface area contributed by atoms with Crippen LogP contribution in [-0.4, -0.2) is 33.3 Å². The van der Waals surface area contributed by atoms with Crippen LogP contribution < -0.4 is 10.0 Å². The predicted molar refractivity (Wildman–Crippen MR) is 73.9 cm³/mol. The average Bonchev–Trinajstić information content (AvgIpc) is 3.05. The zero-order valence-electron chi connectivity index (χ0n) is 11.3. The molecule has 2 N–H and O–H groups in total. The Kier molecular flexibility index (Phi) is 5.04. The van der Waals surface area contributed by atoms with Crippen LogP contribution in [0.1, 0.15) is 45.4 Å². The van der Waals surface area contributed by atoms with E-state index in [0.717, 1.165) is 6.54 Å². The molecule has 0 spiro atoms. The molecule has 2 aliphatic carbocycles. The van der Waals surface area contributed by atoms with E-state index < -0.39 is 10.0 Å². The second kappa shape index (κ2) is 6.35. The maximum atomic E-state index is 11.8. The summed E-state index contributed by atoms with van der Waals surface area (Å²) in [5.74, 6) is 1.47. The van der Waals surface area contributed by atoms with Gasteiger partial charge in [0.05, 0.1) is 5.75 Å². The largest absolute Gasteiger partial charge is 0.314 e. The summed E-state index contributed by atoms with van der Waals surface area (Å²) in [6.07, 6.45) is 6.89. The Morgan fingerprint density at radius 1 is 1.17 bits per heavy atom. The second-order valence-electron chi connectivity index (χ2n) is 5.92. The van der Waals surface area contributed by atoms with Gasteiger partial charge in [0.15, 0.2) is 0 Å². The number of rotatable bonds is 8. The lowest BCUT2D eigenvalue weighted by molar-refractivity contribution is 0.414. The number of sulfonamides is 1. The van der Waals surface area contributed by atoms with Crippen molar-refractivity contribution in [2.24, 2.45) is 11.8 Å². The zero-order chi connectivity index (χ0) is 13.0. The van der Waals surface area contributed by atoms with Gasteiger partial charge >= 0.3 is 0 Å². The van der Waals surface area contributed by atoms with E-state index >= 15 is 0 Å². The van der Waals surface area contributed by atoms with Crippen molar-refractivity contribution in [3.8, 4) is 0 Å². The third kappa shape index (κ3) is 4.86. The molecule has 18 heavy (non-hydrogen) atoms. The molecular formula is C13H26N2O2S. The molecule has 0 aromatic heterocycles. The lowest BCUT2D eigenvalue weighted by Crippen LogP contribution is -2.33. The van der Waals surface area contributed by atoms with E-state index in [9.17, 15) is 8.42 Å². The Hall–Kier alpha value is -0.130. The fraction of sp³-hybridized carbons (Fsp3) is 1.00. The van der Waals surface area contributed by atoms with E-state index in [-0.39, 0.29) is 5.75 Å². The fourth-order valence-corrected chi connectivity index (χ4v) is 3.82. The van der Waals surface area contributed by atoms with Gasteiger partial charge in [-0.15, -0.1) is 0 Å². The third-order valence-corrected chi connectivity index (χ3v) is 5.64. The van der Waals surface area contributed by atoms with Crippen molar-refractivity contribution in [3.05, 3.63) is 0 Å². The molecule has 2 saturated carbocycles. The first-order valence-electron chi connectivity index (χ1n) is 7.27. The van der Waals surface area contributed by atoms with E-state index in [4.69, 9.17) is 0 Å². The summed E-state index contributed by atoms with van der Waals surface area (Å²) in [7, 11) is -3.06. The summed E-state index contributed by atoms with van der Waals surface area (Å²) in [5, 5.41) is 3.34. The molecule has 0 bridgehead atoms. The van der Waals surface area contributed by atoms with Crippen molar-refractivity contribution in [2.75, 3.05) is 18.8 Å². The molecule has 0 heterocycles. The Balaban J connectivity index is 1.60. The Labute approximate surface area is 111 Å². The predicted octanol–water partition coefficient (Wildman–Crippen LogP) is 1.48. The molecule has 0 aromatic carbocycles. The van der Waals surface area contributed by atoms with E-state index in [1.807, 2.05) is 0 Å². The monoisotopic (exact) mass is 274 g/mol. The summed E-state index contributed by atoms with van der Waals surface area (Å²) in [6.45, 7) is 3.69. The fourth-order valence-electron chi connectivity index (χ4n) is 2.69. The van der Waals surface area contributed by atoms with Gasteiger partial charge in [0, 0.05) is 12.6 Å². The number of hydrogen-bond donors (Lipinski definition) is 2. The van der Waals surface area contributed by atoms with Gasteiger partial charge < -0.3 is 5.32 Å². The minimum absolute atomic E-state index is 0.258. The van der Waals surface area contributed by atoms with Crippen LogP contribution >= 0.6 is 0 Å². The highest BCUT2D eigenvalue weighted by Crippen LogP contribution is 2.30. The molecule has 0 aromatic rings. The number of nitrogens with one attached hydrogen (secondary N) is 2. The van der Waals surface area contributed by atoms with E-state index in [1.165, 1.54) is 32.1 Å². The molecule has 0 amide bonds. The minimum Gasteiger partial charge on any atom is -0.314 e. The molecule has 0 saturated heterocycles. The first-order valence-corrected chi connectivity index (χ1v) is 8.93. The van der Waals surface area contributed by atoms with Crippen LogP contribution in [0.3, 0.4) is 0 Å². The van der Waals surface area contributed by atoms with Crippen molar-refractivity contribution in [2.45, 2.75) is 51.5 Å². The maximum absolute atomic E-state index is 11.8. The summed E-state index contributed by atoms with van der Waals surface area (Å²) in [4.78, 5) is 0. The van der Waals surface area contributed by atoms with Crippen molar-refractivity contribution >= 4 is 10.0 Å². The number of hydrogen-bond acceptors (Lipinski definition) is 3. The average molecular weight is 274 g/mol. The molecule has 2 rings (SSSR count). The van der Waals surface area contributed by atoms with Crippen LogP contribution in [0.15, 0.2) is 0 Å². The molecule has 0 aliphatic heterocycles. The van der Waals surface area contributed by atoms with Gasteiger partial charge in [-0.25, -0.2) is 13.1 Å². The molecule has 0 radical (unpaired) electrons. The van der Waals surface area contributed by atoms with Crippen LogP contribution in [-0.2, 0) is 10.0 Å². The molecule has 5 heteroatoms. The Morgan fingerprint density at radius 2 is 1.94 bits per heavy atom. The second-order valence-corrected chi connectivity index (χ2v) is 7.84. The highest BCUT2D eigenvalue weighted by atomic mass is 32.2. The summed E-state index contributed by atoms with van der Waals surface area (Å²) < 4.78 is 26.4. The van der Waals surface area contributed by atoms with Gasteiger partial charge in [-0.3, -0.25) is 0 Å². The van der Waals surface area contributed by atoms with Gasteiger partial charge in [-0.05, 0) is 44.1 Å². The summed E-state index contributed by atoms with van der Waals surface area (Å²) in [6, 6.07) is 0.667. The lowest BCUT2D eigenvalue weighted by atomic mass is 9.99. The Morgan fingerprint density at radius 3 is 2.56 bits per heavy atom. The van der Waals surface area contributed by atoms with Crippen LogP contribution in [0, 0.1) is 11.8 Å². The van der Waals surface area contributed by atoms with Crippen molar-refractivity contribution < 1.29 is 8.42 Å². The topological polar surface area (TPSA) is 58.2 Å². The Bertz CT molecular complexity index is 352. The van der Waals surface area contributed by atoms with Gasteiger partial charge in [0.2, 0.25) is 10.0 Å².